The summed E-state index contributed by atoms with van der Waals surface area (Å²) in [7, 11) is 0. The van der Waals surface area contributed by atoms with E-state index in [-0.39, 0.29) is 41.6 Å². The molecule has 198 valence electrons. The maximum atomic E-state index is 14.3. The van der Waals surface area contributed by atoms with Crippen molar-refractivity contribution in [3.05, 3.63) is 60.2 Å². The van der Waals surface area contributed by atoms with Gasteiger partial charge in [-0.1, -0.05) is 56.3 Å². The first-order chi connectivity index (χ1) is 17.4. The van der Waals surface area contributed by atoms with E-state index in [4.69, 9.17) is 9.47 Å². The molecule has 10 atom stereocenters. The number of hydrogen-bond donors (Lipinski definition) is 2. The van der Waals surface area contributed by atoms with Crippen molar-refractivity contribution >= 4 is 17.7 Å². The Balaban J connectivity index is 1.70. The highest BCUT2D eigenvalue weighted by molar-refractivity contribution is 5.91. The normalized spacial score (nSPS) is 46.4. The largest absolute Gasteiger partial charge is 0.457 e. The summed E-state index contributed by atoms with van der Waals surface area (Å²) in [5.41, 5.74) is -2.24. The van der Waals surface area contributed by atoms with E-state index in [1.165, 1.54) is 19.9 Å². The highest BCUT2D eigenvalue weighted by Crippen LogP contribution is 2.67. The van der Waals surface area contributed by atoms with Crippen LogP contribution in [0.5, 0.6) is 0 Å². The number of ether oxygens (including phenoxy) is 2. The van der Waals surface area contributed by atoms with Crippen LogP contribution in [0.2, 0.25) is 0 Å². The van der Waals surface area contributed by atoms with Crippen LogP contribution >= 0.6 is 0 Å². The zero-order valence-corrected chi connectivity index (χ0v) is 22.1. The number of amides is 1. The number of hydrogen-bond acceptors (Lipinski definition) is 6. The van der Waals surface area contributed by atoms with Gasteiger partial charge in [-0.05, 0) is 50.3 Å². The Kier molecular flexibility index (Phi) is 6.23. The van der Waals surface area contributed by atoms with E-state index < -0.39 is 34.6 Å². The van der Waals surface area contributed by atoms with Crippen LogP contribution in [0.4, 0.5) is 0 Å². The van der Waals surface area contributed by atoms with Crippen LogP contribution < -0.4 is 5.32 Å². The average Bonchev–Trinajstić information content (AvgIpc) is 3.46. The second-order valence-corrected chi connectivity index (χ2v) is 11.7. The summed E-state index contributed by atoms with van der Waals surface area (Å²) >= 11 is 0. The third kappa shape index (κ3) is 3.98. The highest BCUT2D eigenvalue weighted by Gasteiger charge is 2.78. The number of allylic oxidation sites excluding steroid dienone is 1. The van der Waals surface area contributed by atoms with Crippen LogP contribution in [0.3, 0.4) is 0 Å². The lowest BCUT2D eigenvalue weighted by molar-refractivity contribution is -0.162. The quantitative estimate of drug-likeness (QED) is 0.370. The summed E-state index contributed by atoms with van der Waals surface area (Å²) in [4.78, 5) is 39.7. The smallest absolute Gasteiger partial charge is 0.303 e. The number of Topliss-reactive ketones (excluding diaryl/α,β-unsaturated/α-hetero) is 1. The highest BCUT2D eigenvalue weighted by atomic mass is 16.6. The number of rotatable bonds is 3. The van der Waals surface area contributed by atoms with Gasteiger partial charge in [-0.2, -0.15) is 0 Å². The number of epoxide rings is 1. The molecule has 7 heteroatoms. The molecule has 2 aliphatic heterocycles. The van der Waals surface area contributed by atoms with Gasteiger partial charge in [0.1, 0.15) is 17.1 Å². The van der Waals surface area contributed by atoms with Gasteiger partial charge in [-0.15, -0.1) is 0 Å². The molecule has 2 aliphatic carbocycles. The number of fused-ring (bicyclic) bond motifs is 2. The molecule has 0 radical (unpaired) electrons. The second kappa shape index (κ2) is 8.91. The predicted molar refractivity (Wildman–Crippen MR) is 137 cm³/mol. The Morgan fingerprint density at radius 2 is 1.86 bits per heavy atom. The molecular formula is C30H37NO6. The van der Waals surface area contributed by atoms with E-state index in [2.05, 4.69) is 19.2 Å². The van der Waals surface area contributed by atoms with E-state index in [1.807, 2.05) is 42.5 Å². The number of benzene rings is 1. The van der Waals surface area contributed by atoms with Gasteiger partial charge in [0.25, 0.3) is 0 Å². The molecule has 3 fully saturated rings. The molecule has 1 saturated carbocycles. The number of aliphatic hydroxyl groups is 1. The van der Waals surface area contributed by atoms with Crippen LogP contribution in [-0.2, 0) is 30.3 Å². The fraction of sp³-hybridized carbons (Fsp3) is 0.567. The van der Waals surface area contributed by atoms with Gasteiger partial charge in [-0.25, -0.2) is 0 Å². The van der Waals surface area contributed by atoms with Crippen molar-refractivity contribution in [2.45, 2.75) is 76.9 Å². The van der Waals surface area contributed by atoms with Gasteiger partial charge in [0.2, 0.25) is 5.91 Å². The first-order valence-electron chi connectivity index (χ1n) is 13.3. The van der Waals surface area contributed by atoms with Crippen LogP contribution in [0, 0.1) is 29.1 Å². The SMILES string of the molecule is CC(=O)O[C@@H]1/C=C/[C@@](C)(O)C(=O)[C@@H](C)C/C=C/[C@H]2[C@@H]3O[C@]3(C)C(C)C3[C@H](Cc4ccccc4)NC(=O)[C@@]312. The molecule has 1 aromatic rings. The lowest BCUT2D eigenvalue weighted by Gasteiger charge is -2.49. The molecule has 4 aliphatic rings. The van der Waals surface area contributed by atoms with Crippen molar-refractivity contribution in [2.75, 3.05) is 0 Å². The predicted octanol–water partition coefficient (Wildman–Crippen LogP) is 3.16. The standard InChI is InChI=1S/C30H37NO6/c1-17-10-9-13-21-26-29(5,37-26)18(2)24-22(16-20-11-7-6-8-12-20)31-27(34)30(21,24)23(36-19(3)32)14-15-28(4,35)25(17)33/h6-9,11-15,17-18,21-24,26,35H,10,16H2,1-5H3,(H,31,34)/b13-9+,15-14+/t17-,18?,21-,22-,23+,24?,26-,28+,29+,30+/m0/s1. The third-order valence-corrected chi connectivity index (χ3v) is 9.34. The second-order valence-electron chi connectivity index (χ2n) is 11.7. The Morgan fingerprint density at radius 1 is 1.16 bits per heavy atom. The van der Waals surface area contributed by atoms with Crippen molar-refractivity contribution in [1.29, 1.82) is 0 Å². The minimum atomic E-state index is -1.76. The van der Waals surface area contributed by atoms with E-state index in [0.717, 1.165) is 5.56 Å². The summed E-state index contributed by atoms with van der Waals surface area (Å²) in [6, 6.07) is 9.82. The average molecular weight is 508 g/mol. The molecule has 1 spiro atoms. The number of esters is 1. The lowest BCUT2D eigenvalue weighted by atomic mass is 9.51. The minimum absolute atomic E-state index is 0.0209. The number of ketones is 1. The van der Waals surface area contributed by atoms with Crippen molar-refractivity contribution < 1.29 is 29.0 Å². The maximum Gasteiger partial charge on any atom is 0.303 e. The summed E-state index contributed by atoms with van der Waals surface area (Å²) in [6.45, 7) is 8.76. The topological polar surface area (TPSA) is 105 Å². The first kappa shape index (κ1) is 25.9. The number of carbonyl (C=O) groups is 3. The van der Waals surface area contributed by atoms with Crippen LogP contribution in [0.1, 0.15) is 46.6 Å². The van der Waals surface area contributed by atoms with Gasteiger partial charge in [0.05, 0.1) is 11.7 Å². The fourth-order valence-electron chi connectivity index (χ4n) is 7.33. The van der Waals surface area contributed by atoms with E-state index in [1.54, 1.807) is 13.0 Å². The molecule has 7 nitrogen and oxygen atoms in total. The zero-order chi connectivity index (χ0) is 26.8. The zero-order valence-electron chi connectivity index (χ0n) is 22.1. The van der Waals surface area contributed by atoms with Crippen molar-refractivity contribution in [1.82, 2.24) is 5.32 Å². The van der Waals surface area contributed by atoms with E-state index in [9.17, 15) is 19.5 Å². The number of nitrogens with one attached hydrogen (secondary N) is 1. The molecule has 2 N–H and O–H groups in total. The summed E-state index contributed by atoms with van der Waals surface area (Å²) in [6.07, 6.45) is 6.72. The van der Waals surface area contributed by atoms with E-state index >= 15 is 0 Å². The maximum absolute atomic E-state index is 14.3. The molecule has 2 heterocycles. The van der Waals surface area contributed by atoms with Crippen molar-refractivity contribution in [3.63, 3.8) is 0 Å². The molecule has 1 aromatic carbocycles. The van der Waals surface area contributed by atoms with Crippen molar-refractivity contribution in [2.24, 2.45) is 29.1 Å². The molecule has 37 heavy (non-hydrogen) atoms. The van der Waals surface area contributed by atoms with Crippen LogP contribution in [-0.4, -0.2) is 52.2 Å². The van der Waals surface area contributed by atoms with E-state index in [0.29, 0.717) is 12.8 Å². The number of carbonyl (C=O) groups excluding carboxylic acids is 3. The summed E-state index contributed by atoms with van der Waals surface area (Å²) < 4.78 is 12.3. The molecule has 2 unspecified atom stereocenters. The van der Waals surface area contributed by atoms with Crippen LogP contribution in [0.15, 0.2) is 54.6 Å². The first-order valence-corrected chi connectivity index (χ1v) is 13.3. The molecular weight excluding hydrogens is 470 g/mol. The summed E-state index contributed by atoms with van der Waals surface area (Å²) in [5, 5.41) is 14.3. The monoisotopic (exact) mass is 507 g/mol. The molecule has 5 rings (SSSR count). The summed E-state index contributed by atoms with van der Waals surface area (Å²) in [5.74, 6) is -2.10. The molecule has 2 saturated heterocycles. The van der Waals surface area contributed by atoms with Crippen molar-refractivity contribution in [3.8, 4) is 0 Å². The fourth-order valence-corrected chi connectivity index (χ4v) is 7.33. The minimum Gasteiger partial charge on any atom is -0.457 e. The Hall–Kier alpha value is -2.77. The lowest BCUT2D eigenvalue weighted by Crippen LogP contribution is -2.60. The van der Waals surface area contributed by atoms with Gasteiger partial charge < -0.3 is 19.9 Å². The van der Waals surface area contributed by atoms with Gasteiger partial charge in [-0.3, -0.25) is 14.4 Å². The molecule has 1 amide bonds. The van der Waals surface area contributed by atoms with Crippen LogP contribution in [0.25, 0.3) is 0 Å². The van der Waals surface area contributed by atoms with Gasteiger partial charge in [0.15, 0.2) is 5.78 Å². The van der Waals surface area contributed by atoms with Gasteiger partial charge >= 0.3 is 5.97 Å². The molecule has 0 bridgehead atoms. The molecule has 0 aromatic heterocycles. The third-order valence-electron chi connectivity index (χ3n) is 9.34. The Bertz CT molecular complexity index is 1160. The Morgan fingerprint density at radius 3 is 2.54 bits per heavy atom. The Labute approximate surface area is 218 Å². The van der Waals surface area contributed by atoms with Gasteiger partial charge in [0, 0.05) is 30.7 Å².